The topological polar surface area (TPSA) is 0 Å². The van der Waals surface area contributed by atoms with Gasteiger partial charge in [0.25, 0.3) is 0 Å². The van der Waals surface area contributed by atoms with Crippen LogP contribution in [0.2, 0.25) is 0 Å². The van der Waals surface area contributed by atoms with Crippen LogP contribution in [0.5, 0.6) is 0 Å². The van der Waals surface area contributed by atoms with E-state index in [1.165, 1.54) is 44.9 Å². The number of rotatable bonds is 4. The molecule has 1 rings (SSSR count). The first kappa shape index (κ1) is 9.83. The van der Waals surface area contributed by atoms with Gasteiger partial charge in [0.05, 0.1) is 0 Å². The van der Waals surface area contributed by atoms with Crippen LogP contribution < -0.4 is 0 Å². The molecule has 0 aromatic carbocycles. The lowest BCUT2D eigenvalue weighted by atomic mass is 9.77. The zero-order valence-electron chi connectivity index (χ0n) is 8.39. The van der Waals surface area contributed by atoms with Gasteiger partial charge in [0.15, 0.2) is 0 Å². The zero-order valence-corrected chi connectivity index (χ0v) is 8.39. The first-order valence-corrected chi connectivity index (χ1v) is 5.49. The van der Waals surface area contributed by atoms with Crippen LogP contribution in [0, 0.1) is 11.8 Å². The fourth-order valence-corrected chi connectivity index (χ4v) is 2.51. The minimum absolute atomic E-state index is 0.933. The number of hydrogen-bond acceptors (Lipinski definition) is 0. The first-order valence-electron chi connectivity index (χ1n) is 5.49. The molecule has 70 valence electrons. The van der Waals surface area contributed by atoms with E-state index in [0.29, 0.717) is 0 Å². The fourth-order valence-electron chi connectivity index (χ4n) is 2.51. The van der Waals surface area contributed by atoms with E-state index in [1.807, 2.05) is 0 Å². The van der Waals surface area contributed by atoms with Gasteiger partial charge in [-0.2, -0.15) is 0 Å². The van der Waals surface area contributed by atoms with Gasteiger partial charge in [0.1, 0.15) is 0 Å². The minimum Gasteiger partial charge on any atom is -0.103 e. The molecule has 1 saturated carbocycles. The molecule has 0 spiro atoms. The minimum atomic E-state index is 0.933. The van der Waals surface area contributed by atoms with E-state index in [1.54, 1.807) is 0 Å². The van der Waals surface area contributed by atoms with Crippen molar-refractivity contribution in [1.82, 2.24) is 0 Å². The summed E-state index contributed by atoms with van der Waals surface area (Å²) in [5.41, 5.74) is 0. The van der Waals surface area contributed by atoms with E-state index < -0.39 is 0 Å². The Morgan fingerprint density at radius 3 is 2.50 bits per heavy atom. The summed E-state index contributed by atoms with van der Waals surface area (Å²) in [4.78, 5) is 0. The second kappa shape index (κ2) is 5.40. The molecule has 0 bridgehead atoms. The predicted molar refractivity (Wildman–Crippen MR) is 55.2 cm³/mol. The van der Waals surface area contributed by atoms with Gasteiger partial charge in [-0.05, 0) is 18.3 Å². The lowest BCUT2D eigenvalue weighted by molar-refractivity contribution is 0.243. The van der Waals surface area contributed by atoms with Gasteiger partial charge in [0, 0.05) is 0 Å². The maximum Gasteiger partial charge on any atom is -0.0322 e. The summed E-state index contributed by atoms with van der Waals surface area (Å²) >= 11 is 0. The van der Waals surface area contributed by atoms with E-state index in [2.05, 4.69) is 19.6 Å². The third kappa shape index (κ3) is 2.66. The summed E-state index contributed by atoms with van der Waals surface area (Å²) < 4.78 is 0. The van der Waals surface area contributed by atoms with Crippen LogP contribution in [0.15, 0.2) is 12.7 Å². The van der Waals surface area contributed by atoms with Crippen LogP contribution >= 0.6 is 0 Å². The summed E-state index contributed by atoms with van der Waals surface area (Å²) in [5.74, 6) is 1.95. The van der Waals surface area contributed by atoms with Gasteiger partial charge in [0.2, 0.25) is 0 Å². The summed E-state index contributed by atoms with van der Waals surface area (Å²) in [5, 5.41) is 0. The highest BCUT2D eigenvalue weighted by Gasteiger charge is 2.20. The first-order chi connectivity index (χ1) is 5.88. The van der Waals surface area contributed by atoms with Gasteiger partial charge in [-0.3, -0.25) is 0 Å². The Kier molecular flexibility index (Phi) is 4.42. The SMILES string of the molecule is C=CCC(CC)C1CCCCC1. The number of allylic oxidation sites excluding steroid dienone is 1. The Balaban J connectivity index is 2.34. The highest BCUT2D eigenvalue weighted by atomic mass is 14.3. The second-order valence-corrected chi connectivity index (χ2v) is 4.09. The lowest BCUT2D eigenvalue weighted by Crippen LogP contribution is -2.16. The van der Waals surface area contributed by atoms with Crippen molar-refractivity contribution in [3.8, 4) is 0 Å². The fraction of sp³-hybridized carbons (Fsp3) is 0.833. The normalized spacial score (nSPS) is 22.1. The van der Waals surface area contributed by atoms with Gasteiger partial charge in [-0.25, -0.2) is 0 Å². The second-order valence-electron chi connectivity index (χ2n) is 4.09. The van der Waals surface area contributed by atoms with Crippen LogP contribution in [0.3, 0.4) is 0 Å². The van der Waals surface area contributed by atoms with Crippen molar-refractivity contribution < 1.29 is 0 Å². The molecule has 0 amide bonds. The van der Waals surface area contributed by atoms with Crippen LogP contribution in [-0.2, 0) is 0 Å². The number of hydrogen-bond donors (Lipinski definition) is 0. The monoisotopic (exact) mass is 166 g/mol. The highest BCUT2D eigenvalue weighted by Crippen LogP contribution is 2.33. The molecule has 0 aromatic rings. The van der Waals surface area contributed by atoms with Gasteiger partial charge in [-0.1, -0.05) is 51.5 Å². The van der Waals surface area contributed by atoms with Crippen molar-refractivity contribution in [1.29, 1.82) is 0 Å². The molecule has 0 N–H and O–H groups in total. The Morgan fingerprint density at radius 1 is 1.33 bits per heavy atom. The van der Waals surface area contributed by atoms with Crippen LogP contribution in [0.25, 0.3) is 0 Å². The molecule has 0 aliphatic heterocycles. The summed E-state index contributed by atoms with van der Waals surface area (Å²) in [6, 6.07) is 0. The zero-order chi connectivity index (χ0) is 8.81. The Morgan fingerprint density at radius 2 is 2.00 bits per heavy atom. The molecular formula is C12H22. The Bertz CT molecular complexity index is 120. The molecule has 0 heteroatoms. The van der Waals surface area contributed by atoms with Crippen molar-refractivity contribution in [2.75, 3.05) is 0 Å². The molecule has 0 saturated heterocycles. The van der Waals surface area contributed by atoms with Crippen molar-refractivity contribution in [3.63, 3.8) is 0 Å². The summed E-state index contributed by atoms with van der Waals surface area (Å²) in [6.07, 6.45) is 12.1. The summed E-state index contributed by atoms with van der Waals surface area (Å²) in [7, 11) is 0. The van der Waals surface area contributed by atoms with Gasteiger partial charge >= 0.3 is 0 Å². The third-order valence-corrected chi connectivity index (χ3v) is 3.31. The van der Waals surface area contributed by atoms with Crippen LogP contribution in [0.4, 0.5) is 0 Å². The molecule has 0 heterocycles. The molecule has 1 atom stereocenters. The van der Waals surface area contributed by atoms with E-state index in [0.717, 1.165) is 11.8 Å². The molecule has 1 unspecified atom stereocenters. The quantitative estimate of drug-likeness (QED) is 0.550. The molecule has 0 aromatic heterocycles. The smallest absolute Gasteiger partial charge is 0.0322 e. The standard InChI is InChI=1S/C12H22/c1-3-8-11(4-2)12-9-6-5-7-10-12/h3,11-12H,1,4-10H2,2H3. The maximum atomic E-state index is 3.84. The highest BCUT2D eigenvalue weighted by molar-refractivity contribution is 4.79. The Labute approximate surface area is 77.1 Å². The van der Waals surface area contributed by atoms with Crippen LogP contribution in [-0.4, -0.2) is 0 Å². The van der Waals surface area contributed by atoms with Gasteiger partial charge < -0.3 is 0 Å². The molecule has 1 aliphatic carbocycles. The Hall–Kier alpha value is -0.260. The molecular weight excluding hydrogens is 144 g/mol. The van der Waals surface area contributed by atoms with E-state index in [4.69, 9.17) is 0 Å². The summed E-state index contributed by atoms with van der Waals surface area (Å²) in [6.45, 7) is 6.17. The predicted octanol–water partition coefficient (Wildman–Crippen LogP) is 4.17. The lowest BCUT2D eigenvalue weighted by Gasteiger charge is -2.28. The van der Waals surface area contributed by atoms with E-state index in [9.17, 15) is 0 Å². The third-order valence-electron chi connectivity index (χ3n) is 3.31. The van der Waals surface area contributed by atoms with Crippen molar-refractivity contribution >= 4 is 0 Å². The van der Waals surface area contributed by atoms with Gasteiger partial charge in [-0.15, -0.1) is 6.58 Å². The molecule has 12 heavy (non-hydrogen) atoms. The average Bonchev–Trinajstić information content (AvgIpc) is 2.15. The van der Waals surface area contributed by atoms with Crippen LogP contribution in [0.1, 0.15) is 51.9 Å². The van der Waals surface area contributed by atoms with E-state index in [-0.39, 0.29) is 0 Å². The van der Waals surface area contributed by atoms with Crippen molar-refractivity contribution in [2.24, 2.45) is 11.8 Å². The average molecular weight is 166 g/mol. The molecule has 1 fully saturated rings. The molecule has 0 nitrogen and oxygen atoms in total. The maximum absolute atomic E-state index is 3.84. The van der Waals surface area contributed by atoms with E-state index >= 15 is 0 Å². The van der Waals surface area contributed by atoms with Crippen molar-refractivity contribution in [2.45, 2.75) is 51.9 Å². The molecule has 1 aliphatic rings. The van der Waals surface area contributed by atoms with Crippen molar-refractivity contribution in [3.05, 3.63) is 12.7 Å². The largest absolute Gasteiger partial charge is 0.103 e. The molecule has 0 radical (unpaired) electrons.